The molecule has 0 fully saturated rings. The number of rotatable bonds is 4. The molecule has 0 unspecified atom stereocenters. The summed E-state index contributed by atoms with van der Waals surface area (Å²) in [6, 6.07) is 12.8. The molecule has 0 spiro atoms. The molecular weight excluding hydrogens is 284 g/mol. The number of carbonyl (C=O) groups excluding carboxylic acids is 1. The van der Waals surface area contributed by atoms with Crippen molar-refractivity contribution in [1.29, 1.82) is 0 Å². The fraction of sp³-hybridized carbons (Fsp3) is 0.188. The molecule has 0 heterocycles. The largest absolute Gasteiger partial charge is 0.455 e. The van der Waals surface area contributed by atoms with Crippen LogP contribution < -0.4 is 10.5 Å². The van der Waals surface area contributed by atoms with Gasteiger partial charge in [0.1, 0.15) is 5.75 Å². The molecule has 5 heteroatoms. The number of nitrogens with zero attached hydrogens (tertiary/aromatic N) is 1. The molecule has 2 rings (SSSR count). The van der Waals surface area contributed by atoms with Gasteiger partial charge in [-0.05, 0) is 48.7 Å². The second-order valence-electron chi connectivity index (χ2n) is 4.73. The van der Waals surface area contributed by atoms with Crippen molar-refractivity contribution in [2.75, 3.05) is 26.1 Å². The average Bonchev–Trinajstić information content (AvgIpc) is 2.49. The van der Waals surface area contributed by atoms with E-state index in [4.69, 9.17) is 10.5 Å². The first-order chi connectivity index (χ1) is 10.0. The number of anilines is 1. The molecule has 0 aliphatic carbocycles. The van der Waals surface area contributed by atoms with E-state index in [0.29, 0.717) is 22.7 Å². The molecule has 2 aromatic rings. The molecule has 4 nitrogen and oxygen atoms in total. The lowest BCUT2D eigenvalue weighted by Gasteiger charge is -2.13. The summed E-state index contributed by atoms with van der Waals surface area (Å²) in [5, 5.41) is 0. The van der Waals surface area contributed by atoms with E-state index in [9.17, 15) is 4.79 Å². The van der Waals surface area contributed by atoms with E-state index in [0.717, 1.165) is 4.90 Å². The summed E-state index contributed by atoms with van der Waals surface area (Å²) in [5.74, 6) is 1.09. The van der Waals surface area contributed by atoms with Gasteiger partial charge in [0, 0.05) is 24.6 Å². The highest BCUT2D eigenvalue weighted by Crippen LogP contribution is 2.29. The van der Waals surface area contributed by atoms with Crippen molar-refractivity contribution in [3.63, 3.8) is 0 Å². The zero-order valence-electron chi connectivity index (χ0n) is 12.3. The van der Waals surface area contributed by atoms with E-state index in [1.165, 1.54) is 4.90 Å². The minimum atomic E-state index is -0.0856. The number of hydrogen-bond donors (Lipinski definition) is 1. The monoisotopic (exact) mass is 302 g/mol. The summed E-state index contributed by atoms with van der Waals surface area (Å²) in [4.78, 5) is 14.6. The molecule has 0 aliphatic heterocycles. The third-order valence-electron chi connectivity index (χ3n) is 2.95. The number of nitrogens with two attached hydrogens (primary N) is 1. The Morgan fingerprint density at radius 1 is 1.14 bits per heavy atom. The molecule has 0 radical (unpaired) electrons. The zero-order valence-corrected chi connectivity index (χ0v) is 13.1. The van der Waals surface area contributed by atoms with Crippen molar-refractivity contribution >= 4 is 23.4 Å². The molecular formula is C16H18N2O2S. The topological polar surface area (TPSA) is 55.6 Å². The van der Waals surface area contributed by atoms with Gasteiger partial charge in [-0.2, -0.15) is 0 Å². The molecule has 110 valence electrons. The summed E-state index contributed by atoms with van der Waals surface area (Å²) in [7, 11) is 3.42. The van der Waals surface area contributed by atoms with E-state index in [1.54, 1.807) is 44.1 Å². The quantitative estimate of drug-likeness (QED) is 0.694. The molecule has 2 aromatic carbocycles. The van der Waals surface area contributed by atoms with E-state index in [2.05, 4.69) is 0 Å². The van der Waals surface area contributed by atoms with Crippen molar-refractivity contribution < 1.29 is 9.53 Å². The highest BCUT2D eigenvalue weighted by Gasteiger charge is 2.11. The number of amides is 1. The van der Waals surface area contributed by atoms with Crippen molar-refractivity contribution in [3.05, 3.63) is 48.0 Å². The second kappa shape index (κ2) is 6.54. The van der Waals surface area contributed by atoms with Gasteiger partial charge in [-0.15, -0.1) is 11.8 Å². The van der Waals surface area contributed by atoms with Crippen molar-refractivity contribution in [1.82, 2.24) is 4.90 Å². The van der Waals surface area contributed by atoms with Crippen LogP contribution >= 0.6 is 11.8 Å². The molecule has 0 saturated carbocycles. The Hall–Kier alpha value is -2.14. The lowest BCUT2D eigenvalue weighted by molar-refractivity contribution is 0.0827. The van der Waals surface area contributed by atoms with Gasteiger partial charge < -0.3 is 15.4 Å². The molecule has 2 N–H and O–H groups in total. The number of carbonyl (C=O) groups is 1. The number of hydrogen-bond acceptors (Lipinski definition) is 4. The summed E-state index contributed by atoms with van der Waals surface area (Å²) in [6.45, 7) is 0. The van der Waals surface area contributed by atoms with Crippen LogP contribution in [0.2, 0.25) is 0 Å². The van der Waals surface area contributed by atoms with Crippen LogP contribution in [0.15, 0.2) is 47.4 Å². The smallest absolute Gasteiger partial charge is 0.253 e. The molecule has 0 saturated heterocycles. The van der Waals surface area contributed by atoms with Crippen LogP contribution in [0.25, 0.3) is 0 Å². The van der Waals surface area contributed by atoms with Gasteiger partial charge in [0.25, 0.3) is 5.91 Å². The summed E-state index contributed by atoms with van der Waals surface area (Å²) in [6.07, 6.45) is 2.02. The third-order valence-corrected chi connectivity index (χ3v) is 3.70. The van der Waals surface area contributed by atoms with Crippen LogP contribution in [0.1, 0.15) is 10.4 Å². The van der Waals surface area contributed by atoms with Crippen LogP contribution in [0.5, 0.6) is 11.5 Å². The highest BCUT2D eigenvalue weighted by molar-refractivity contribution is 7.98. The summed E-state index contributed by atoms with van der Waals surface area (Å²) < 4.78 is 5.77. The molecule has 1 amide bonds. The fourth-order valence-electron chi connectivity index (χ4n) is 1.78. The molecule has 0 bridgehead atoms. The van der Waals surface area contributed by atoms with Gasteiger partial charge in [0.05, 0.1) is 5.69 Å². The normalized spacial score (nSPS) is 10.2. The van der Waals surface area contributed by atoms with E-state index >= 15 is 0 Å². The predicted molar refractivity (Wildman–Crippen MR) is 87.2 cm³/mol. The Kier molecular flexibility index (Phi) is 4.75. The highest BCUT2D eigenvalue weighted by atomic mass is 32.2. The van der Waals surface area contributed by atoms with E-state index in [1.807, 2.05) is 30.5 Å². The first kappa shape index (κ1) is 15.3. The SMILES string of the molecule is CSc1ccc(Oc2cc(C(=O)N(C)C)ccc2N)cc1. The van der Waals surface area contributed by atoms with E-state index < -0.39 is 0 Å². The van der Waals surface area contributed by atoms with E-state index in [-0.39, 0.29) is 5.91 Å². The van der Waals surface area contributed by atoms with Gasteiger partial charge in [-0.25, -0.2) is 0 Å². The van der Waals surface area contributed by atoms with Gasteiger partial charge in [-0.3, -0.25) is 4.79 Å². The average molecular weight is 302 g/mol. The molecule has 21 heavy (non-hydrogen) atoms. The van der Waals surface area contributed by atoms with Crippen LogP contribution in [0.3, 0.4) is 0 Å². The van der Waals surface area contributed by atoms with Crippen molar-refractivity contribution in [3.8, 4) is 11.5 Å². The first-order valence-corrected chi connectivity index (χ1v) is 7.67. The maximum atomic E-state index is 12.0. The summed E-state index contributed by atoms with van der Waals surface area (Å²) in [5.41, 5.74) is 6.96. The lowest BCUT2D eigenvalue weighted by Crippen LogP contribution is -2.21. The maximum absolute atomic E-state index is 12.0. The Balaban J connectivity index is 2.26. The lowest BCUT2D eigenvalue weighted by atomic mass is 10.1. The Morgan fingerprint density at radius 2 is 1.81 bits per heavy atom. The van der Waals surface area contributed by atoms with Crippen LogP contribution in [0.4, 0.5) is 5.69 Å². The third kappa shape index (κ3) is 3.70. The number of thioether (sulfide) groups is 1. The zero-order chi connectivity index (χ0) is 15.4. The molecule has 0 aromatic heterocycles. The van der Waals surface area contributed by atoms with Gasteiger partial charge in [-0.1, -0.05) is 0 Å². The minimum absolute atomic E-state index is 0.0856. The Labute approximate surface area is 128 Å². The summed E-state index contributed by atoms with van der Waals surface area (Å²) >= 11 is 1.67. The fourth-order valence-corrected chi connectivity index (χ4v) is 2.19. The van der Waals surface area contributed by atoms with Gasteiger partial charge in [0.2, 0.25) is 0 Å². The maximum Gasteiger partial charge on any atom is 0.253 e. The van der Waals surface area contributed by atoms with Gasteiger partial charge in [0.15, 0.2) is 5.75 Å². The second-order valence-corrected chi connectivity index (χ2v) is 5.61. The van der Waals surface area contributed by atoms with Crippen molar-refractivity contribution in [2.45, 2.75) is 4.90 Å². The van der Waals surface area contributed by atoms with Crippen LogP contribution in [-0.4, -0.2) is 31.2 Å². The molecule has 0 atom stereocenters. The first-order valence-electron chi connectivity index (χ1n) is 6.44. The standard InChI is InChI=1S/C16H18N2O2S/c1-18(2)16(19)11-4-9-14(17)15(10-11)20-12-5-7-13(21-3)8-6-12/h4-10H,17H2,1-3H3. The Morgan fingerprint density at radius 3 is 2.38 bits per heavy atom. The Bertz CT molecular complexity index is 639. The van der Waals surface area contributed by atoms with Crippen molar-refractivity contribution in [2.24, 2.45) is 0 Å². The van der Waals surface area contributed by atoms with Crippen LogP contribution in [-0.2, 0) is 0 Å². The minimum Gasteiger partial charge on any atom is -0.455 e. The number of benzene rings is 2. The predicted octanol–water partition coefficient (Wildman–Crippen LogP) is 3.48. The molecule has 0 aliphatic rings. The number of nitrogen functional groups attached to an aromatic ring is 1. The number of ether oxygens (including phenoxy) is 1. The van der Waals surface area contributed by atoms with Gasteiger partial charge >= 0.3 is 0 Å². The van der Waals surface area contributed by atoms with Crippen LogP contribution in [0, 0.1) is 0 Å².